The van der Waals surface area contributed by atoms with Crippen molar-refractivity contribution in [2.45, 2.75) is 25.7 Å². The average molecular weight is 596 g/mol. The lowest BCUT2D eigenvalue weighted by Gasteiger charge is -2.09. The van der Waals surface area contributed by atoms with Crippen LogP contribution in [-0.2, 0) is 0 Å². The molecule has 0 heterocycles. The van der Waals surface area contributed by atoms with E-state index in [1.807, 2.05) is 48.5 Å². The van der Waals surface area contributed by atoms with Gasteiger partial charge in [-0.1, -0.05) is 119 Å². The summed E-state index contributed by atoms with van der Waals surface area (Å²) in [6.45, 7) is 0. The van der Waals surface area contributed by atoms with Crippen molar-refractivity contribution in [3.8, 4) is 23.7 Å². The van der Waals surface area contributed by atoms with E-state index in [0.717, 1.165) is 79.9 Å². The van der Waals surface area contributed by atoms with E-state index in [1.54, 1.807) is 0 Å². The molecule has 4 heteroatoms. The first-order chi connectivity index (χ1) is 19.5. The molecule has 0 N–H and O–H groups in total. The zero-order valence-corrected chi connectivity index (χ0v) is 24.4. The number of rotatable bonds is 3. The third kappa shape index (κ3) is 5.10. The van der Waals surface area contributed by atoms with E-state index in [-0.39, 0.29) is 0 Å². The highest BCUT2D eigenvalue weighted by Crippen LogP contribution is 2.36. The first kappa shape index (κ1) is 26.8. The van der Waals surface area contributed by atoms with Crippen molar-refractivity contribution in [2.24, 2.45) is 0 Å². The molecule has 0 aliphatic heterocycles. The predicted octanol–water partition coefficient (Wildman–Crippen LogP) is 11.9. The Balaban J connectivity index is 1.21. The Morgan fingerprint density at radius 3 is 1.00 bits per heavy atom. The van der Waals surface area contributed by atoms with Gasteiger partial charge < -0.3 is 0 Å². The van der Waals surface area contributed by atoms with Gasteiger partial charge in [-0.15, -0.1) is 0 Å². The SMILES string of the molecule is Clc1cccc2c(C#CCCCCC#Cc3c4cccc(Cl)c4cc4c(Cl)cccc34)c3cccc(Cl)c3cc12. The summed E-state index contributed by atoms with van der Waals surface area (Å²) in [5.41, 5.74) is 1.94. The Hall–Kier alpha value is -3.36. The summed E-state index contributed by atoms with van der Waals surface area (Å²) in [5, 5.41) is 10.8. The van der Waals surface area contributed by atoms with Crippen molar-refractivity contribution in [1.82, 2.24) is 0 Å². The van der Waals surface area contributed by atoms with Crippen LogP contribution < -0.4 is 0 Å². The molecule has 194 valence electrons. The number of fused-ring (bicyclic) bond motifs is 4. The molecule has 0 saturated heterocycles. The van der Waals surface area contributed by atoms with E-state index < -0.39 is 0 Å². The van der Waals surface area contributed by atoms with Gasteiger partial charge in [0.25, 0.3) is 0 Å². The molecule has 0 saturated carbocycles. The summed E-state index contributed by atoms with van der Waals surface area (Å²) in [4.78, 5) is 0. The third-order valence-electron chi connectivity index (χ3n) is 7.15. The van der Waals surface area contributed by atoms with Crippen molar-refractivity contribution in [1.29, 1.82) is 0 Å². The number of hydrogen-bond acceptors (Lipinski definition) is 0. The fraction of sp³-hybridized carbons (Fsp3) is 0.111. The Morgan fingerprint density at radius 2 is 0.700 bits per heavy atom. The van der Waals surface area contributed by atoms with E-state index in [4.69, 9.17) is 46.4 Å². The maximum Gasteiger partial charge on any atom is 0.0485 e. The summed E-state index contributed by atoms with van der Waals surface area (Å²) in [5.74, 6) is 13.6. The summed E-state index contributed by atoms with van der Waals surface area (Å²) >= 11 is 26.1. The Labute approximate surface area is 253 Å². The predicted molar refractivity (Wildman–Crippen MR) is 175 cm³/mol. The minimum Gasteiger partial charge on any atom is -0.0978 e. The van der Waals surface area contributed by atoms with Gasteiger partial charge in [-0.25, -0.2) is 0 Å². The fourth-order valence-electron chi connectivity index (χ4n) is 5.18. The Morgan fingerprint density at radius 1 is 0.400 bits per heavy atom. The van der Waals surface area contributed by atoms with Crippen molar-refractivity contribution < 1.29 is 0 Å². The van der Waals surface area contributed by atoms with E-state index in [2.05, 4.69) is 60.1 Å². The van der Waals surface area contributed by atoms with Gasteiger partial charge in [-0.2, -0.15) is 0 Å². The third-order valence-corrected chi connectivity index (χ3v) is 8.47. The minimum absolute atomic E-state index is 0.699. The zero-order valence-electron chi connectivity index (χ0n) is 21.4. The molecule has 0 atom stereocenters. The molecule has 0 aromatic heterocycles. The van der Waals surface area contributed by atoms with Crippen LogP contribution >= 0.6 is 46.4 Å². The molecule has 0 bridgehead atoms. The summed E-state index contributed by atoms with van der Waals surface area (Å²) in [7, 11) is 0. The molecule has 6 aromatic rings. The van der Waals surface area contributed by atoms with Crippen LogP contribution in [0.1, 0.15) is 36.8 Å². The molecule has 0 radical (unpaired) electrons. The second-order valence-electron chi connectivity index (χ2n) is 9.65. The molecular weight excluding hydrogens is 574 g/mol. The van der Waals surface area contributed by atoms with Crippen LogP contribution in [0, 0.1) is 23.7 Å². The summed E-state index contributed by atoms with van der Waals surface area (Å²) < 4.78 is 0. The van der Waals surface area contributed by atoms with E-state index in [1.165, 1.54) is 0 Å². The molecule has 0 unspecified atom stereocenters. The Bertz CT molecular complexity index is 1800. The first-order valence-corrected chi connectivity index (χ1v) is 14.6. The highest BCUT2D eigenvalue weighted by atomic mass is 35.5. The molecule has 40 heavy (non-hydrogen) atoms. The molecule has 0 aliphatic carbocycles. The van der Waals surface area contributed by atoms with Crippen LogP contribution in [-0.4, -0.2) is 0 Å². The van der Waals surface area contributed by atoms with E-state index in [0.29, 0.717) is 20.1 Å². The van der Waals surface area contributed by atoms with Crippen molar-refractivity contribution >= 4 is 89.5 Å². The lowest BCUT2D eigenvalue weighted by Crippen LogP contribution is -1.87. The number of hydrogen-bond donors (Lipinski definition) is 0. The van der Waals surface area contributed by atoms with Gasteiger partial charge in [0.2, 0.25) is 0 Å². The molecule has 6 rings (SSSR count). The average Bonchev–Trinajstić information content (AvgIpc) is 2.95. The van der Waals surface area contributed by atoms with Gasteiger partial charge in [0, 0.05) is 65.6 Å². The monoisotopic (exact) mass is 594 g/mol. The maximum atomic E-state index is 6.52. The molecule has 0 amide bonds. The van der Waals surface area contributed by atoms with Crippen LogP contribution in [0.25, 0.3) is 43.1 Å². The van der Waals surface area contributed by atoms with Crippen molar-refractivity contribution in [2.75, 3.05) is 0 Å². The van der Waals surface area contributed by atoms with Gasteiger partial charge in [-0.05, 0) is 70.8 Å². The lowest BCUT2D eigenvalue weighted by atomic mass is 9.96. The first-order valence-electron chi connectivity index (χ1n) is 13.1. The molecule has 0 spiro atoms. The van der Waals surface area contributed by atoms with Gasteiger partial charge >= 0.3 is 0 Å². The fourth-order valence-corrected chi connectivity index (χ4v) is 6.10. The van der Waals surface area contributed by atoms with Crippen LogP contribution in [0.15, 0.2) is 84.9 Å². The molecule has 6 aromatic carbocycles. The van der Waals surface area contributed by atoms with Gasteiger partial charge in [0.1, 0.15) is 0 Å². The van der Waals surface area contributed by atoms with E-state index >= 15 is 0 Å². The highest BCUT2D eigenvalue weighted by Gasteiger charge is 2.11. The van der Waals surface area contributed by atoms with Crippen molar-refractivity contribution in [3.63, 3.8) is 0 Å². The van der Waals surface area contributed by atoms with Crippen LogP contribution in [0.5, 0.6) is 0 Å². The zero-order chi connectivity index (χ0) is 27.6. The molecule has 0 nitrogen and oxygen atoms in total. The van der Waals surface area contributed by atoms with Crippen molar-refractivity contribution in [3.05, 3.63) is 116 Å². The van der Waals surface area contributed by atoms with Crippen LogP contribution in [0.2, 0.25) is 20.1 Å². The molecule has 0 fully saturated rings. The van der Waals surface area contributed by atoms with Gasteiger partial charge in [-0.3, -0.25) is 0 Å². The summed E-state index contributed by atoms with van der Waals surface area (Å²) in [6, 6.07) is 27.8. The largest absolute Gasteiger partial charge is 0.0978 e. The molecule has 0 aliphatic rings. The normalized spacial score (nSPS) is 11.0. The number of unbranched alkanes of at least 4 members (excludes halogenated alkanes) is 3. The molecular formula is C36H22Cl4. The van der Waals surface area contributed by atoms with Gasteiger partial charge in [0.15, 0.2) is 0 Å². The van der Waals surface area contributed by atoms with Crippen LogP contribution in [0.4, 0.5) is 0 Å². The van der Waals surface area contributed by atoms with E-state index in [9.17, 15) is 0 Å². The second-order valence-corrected chi connectivity index (χ2v) is 11.3. The smallest absolute Gasteiger partial charge is 0.0485 e. The second kappa shape index (κ2) is 11.6. The summed E-state index contributed by atoms with van der Waals surface area (Å²) in [6.07, 6.45) is 3.48. The highest BCUT2D eigenvalue weighted by molar-refractivity contribution is 6.39. The quantitative estimate of drug-likeness (QED) is 0.108. The Kier molecular flexibility index (Phi) is 7.80. The maximum absolute atomic E-state index is 6.52. The number of halogens is 4. The topological polar surface area (TPSA) is 0 Å². The minimum atomic E-state index is 0.699. The lowest BCUT2D eigenvalue weighted by molar-refractivity contribution is 0.782. The van der Waals surface area contributed by atoms with Crippen LogP contribution in [0.3, 0.4) is 0 Å². The standard InChI is InChI=1S/C36H22Cl4/c37-33-17-7-13-25-23(26-14-8-18-34(38)30(26)21-29(25)33)11-5-3-1-2-4-6-12-24-27-15-9-19-35(39)31(27)22-32-28(24)16-10-20-36(32)40/h7-10,13-22H,1-4H2. The number of benzene rings is 6. The van der Waals surface area contributed by atoms with Gasteiger partial charge in [0.05, 0.1) is 0 Å².